The van der Waals surface area contributed by atoms with Gasteiger partial charge >= 0.3 is 0 Å². The average molecular weight is 232 g/mol. The lowest BCUT2D eigenvalue weighted by atomic mass is 10.0. The van der Waals surface area contributed by atoms with Crippen LogP contribution in [0.1, 0.15) is 48.5 Å². The highest BCUT2D eigenvalue weighted by Gasteiger charge is 2.26. The molecule has 1 aromatic carbocycles. The topological polar surface area (TPSA) is 46.3 Å². The molecule has 0 aromatic heterocycles. The molecule has 2 N–H and O–H groups in total. The van der Waals surface area contributed by atoms with Gasteiger partial charge in [0.25, 0.3) is 5.91 Å². The summed E-state index contributed by atoms with van der Waals surface area (Å²) in [5.41, 5.74) is 8.69. The summed E-state index contributed by atoms with van der Waals surface area (Å²) >= 11 is 0. The first-order chi connectivity index (χ1) is 8.17. The third-order valence-corrected chi connectivity index (χ3v) is 3.40. The summed E-state index contributed by atoms with van der Waals surface area (Å²) in [5.74, 6) is 0.691. The second kappa shape index (κ2) is 4.78. The van der Waals surface area contributed by atoms with Crippen LogP contribution in [-0.4, -0.2) is 23.9 Å². The van der Waals surface area contributed by atoms with Crippen molar-refractivity contribution in [2.45, 2.75) is 32.6 Å². The van der Waals surface area contributed by atoms with Crippen LogP contribution in [0.25, 0.3) is 0 Å². The maximum atomic E-state index is 12.2. The Hall–Kier alpha value is -1.51. The zero-order chi connectivity index (χ0) is 12.4. The molecule has 2 rings (SSSR count). The largest absolute Gasteiger partial charge is 0.398 e. The van der Waals surface area contributed by atoms with Crippen molar-refractivity contribution in [2.24, 2.45) is 0 Å². The van der Waals surface area contributed by atoms with Crippen molar-refractivity contribution in [3.05, 3.63) is 29.3 Å². The van der Waals surface area contributed by atoms with Crippen molar-refractivity contribution in [3.8, 4) is 0 Å². The number of anilines is 1. The first kappa shape index (κ1) is 12.0. The Balaban J connectivity index is 2.26. The minimum atomic E-state index is 0.108. The zero-order valence-electron chi connectivity index (χ0n) is 10.6. The molecule has 1 saturated carbocycles. The number of nitrogens with zero attached hydrogens (tertiary/aromatic N) is 1. The SMILES string of the molecule is CCN(CC)C(=O)c1ccc(N)c(C2CC2)c1. The smallest absolute Gasteiger partial charge is 0.253 e. The van der Waals surface area contributed by atoms with Gasteiger partial charge in [-0.05, 0) is 56.4 Å². The molecule has 1 aromatic rings. The van der Waals surface area contributed by atoms with Crippen LogP contribution >= 0.6 is 0 Å². The third-order valence-electron chi connectivity index (χ3n) is 3.40. The summed E-state index contributed by atoms with van der Waals surface area (Å²) in [6.45, 7) is 5.50. The number of rotatable bonds is 4. The molecular weight excluding hydrogens is 212 g/mol. The van der Waals surface area contributed by atoms with E-state index in [0.717, 1.165) is 29.9 Å². The van der Waals surface area contributed by atoms with Gasteiger partial charge in [0, 0.05) is 24.3 Å². The number of hydrogen-bond donors (Lipinski definition) is 1. The first-order valence-electron chi connectivity index (χ1n) is 6.36. The minimum absolute atomic E-state index is 0.108. The number of carbonyl (C=O) groups excluding carboxylic acids is 1. The lowest BCUT2D eigenvalue weighted by molar-refractivity contribution is 0.0773. The van der Waals surface area contributed by atoms with Crippen molar-refractivity contribution < 1.29 is 4.79 Å². The van der Waals surface area contributed by atoms with E-state index in [1.54, 1.807) is 0 Å². The Labute approximate surface area is 103 Å². The van der Waals surface area contributed by atoms with E-state index in [0.29, 0.717) is 5.92 Å². The molecule has 3 nitrogen and oxygen atoms in total. The van der Waals surface area contributed by atoms with E-state index in [-0.39, 0.29) is 5.91 Å². The van der Waals surface area contributed by atoms with Crippen LogP contribution in [0.3, 0.4) is 0 Å². The van der Waals surface area contributed by atoms with Crippen molar-refractivity contribution in [2.75, 3.05) is 18.8 Å². The number of hydrogen-bond acceptors (Lipinski definition) is 2. The lowest BCUT2D eigenvalue weighted by Crippen LogP contribution is -2.30. The quantitative estimate of drug-likeness (QED) is 0.811. The van der Waals surface area contributed by atoms with E-state index in [9.17, 15) is 4.79 Å². The monoisotopic (exact) mass is 232 g/mol. The number of benzene rings is 1. The molecule has 0 aliphatic heterocycles. The van der Waals surface area contributed by atoms with Crippen molar-refractivity contribution in [1.29, 1.82) is 0 Å². The van der Waals surface area contributed by atoms with Crippen molar-refractivity contribution in [1.82, 2.24) is 4.90 Å². The Morgan fingerprint density at radius 1 is 1.35 bits per heavy atom. The molecule has 0 heterocycles. The molecule has 17 heavy (non-hydrogen) atoms. The molecule has 0 unspecified atom stereocenters. The van der Waals surface area contributed by atoms with Crippen molar-refractivity contribution >= 4 is 11.6 Å². The van der Waals surface area contributed by atoms with Gasteiger partial charge in [0.15, 0.2) is 0 Å². The summed E-state index contributed by atoms with van der Waals surface area (Å²) in [5, 5.41) is 0. The van der Waals surface area contributed by atoms with Crippen molar-refractivity contribution in [3.63, 3.8) is 0 Å². The maximum Gasteiger partial charge on any atom is 0.253 e. The van der Waals surface area contributed by atoms with Gasteiger partial charge in [-0.15, -0.1) is 0 Å². The molecule has 1 aliphatic rings. The van der Waals surface area contributed by atoms with E-state index in [1.807, 2.05) is 36.9 Å². The third kappa shape index (κ3) is 2.43. The lowest BCUT2D eigenvalue weighted by Gasteiger charge is -2.19. The Morgan fingerprint density at radius 2 is 2.00 bits per heavy atom. The van der Waals surface area contributed by atoms with Gasteiger partial charge in [0.2, 0.25) is 0 Å². The fraction of sp³-hybridized carbons (Fsp3) is 0.500. The van der Waals surface area contributed by atoms with Gasteiger partial charge < -0.3 is 10.6 Å². The van der Waals surface area contributed by atoms with Crippen LogP contribution in [0.15, 0.2) is 18.2 Å². The van der Waals surface area contributed by atoms with Gasteiger partial charge in [-0.2, -0.15) is 0 Å². The van der Waals surface area contributed by atoms with Crippen LogP contribution in [0, 0.1) is 0 Å². The van der Waals surface area contributed by atoms with Crippen LogP contribution in [0.2, 0.25) is 0 Å². The van der Waals surface area contributed by atoms with Crippen LogP contribution in [0.5, 0.6) is 0 Å². The second-order valence-corrected chi connectivity index (χ2v) is 4.60. The predicted octanol–water partition coefficient (Wildman–Crippen LogP) is 2.63. The predicted molar refractivity (Wildman–Crippen MR) is 70.1 cm³/mol. The molecule has 0 radical (unpaired) electrons. The molecule has 0 saturated heterocycles. The molecule has 0 atom stereocenters. The van der Waals surface area contributed by atoms with Gasteiger partial charge in [0.1, 0.15) is 0 Å². The van der Waals surface area contributed by atoms with Gasteiger partial charge in [-0.25, -0.2) is 0 Å². The highest BCUT2D eigenvalue weighted by molar-refractivity contribution is 5.95. The maximum absolute atomic E-state index is 12.2. The van der Waals surface area contributed by atoms with Crippen LogP contribution < -0.4 is 5.73 Å². The summed E-state index contributed by atoms with van der Waals surface area (Å²) in [6, 6.07) is 5.68. The van der Waals surface area contributed by atoms with E-state index in [2.05, 4.69) is 0 Å². The highest BCUT2D eigenvalue weighted by Crippen LogP contribution is 2.42. The average Bonchev–Trinajstić information content (AvgIpc) is 3.15. The molecule has 92 valence electrons. The Kier molecular flexibility index (Phi) is 3.36. The number of carbonyl (C=O) groups is 1. The number of amides is 1. The molecular formula is C14H20N2O. The van der Waals surface area contributed by atoms with Gasteiger partial charge in [-0.3, -0.25) is 4.79 Å². The summed E-state index contributed by atoms with van der Waals surface area (Å²) < 4.78 is 0. The second-order valence-electron chi connectivity index (χ2n) is 4.60. The Morgan fingerprint density at radius 3 is 2.53 bits per heavy atom. The molecule has 1 aliphatic carbocycles. The van der Waals surface area contributed by atoms with Gasteiger partial charge in [-0.1, -0.05) is 0 Å². The van der Waals surface area contributed by atoms with Crippen LogP contribution in [-0.2, 0) is 0 Å². The van der Waals surface area contributed by atoms with Gasteiger partial charge in [0.05, 0.1) is 0 Å². The summed E-state index contributed by atoms with van der Waals surface area (Å²) in [7, 11) is 0. The molecule has 0 bridgehead atoms. The molecule has 1 fully saturated rings. The minimum Gasteiger partial charge on any atom is -0.398 e. The first-order valence-corrected chi connectivity index (χ1v) is 6.36. The zero-order valence-corrected chi connectivity index (χ0v) is 10.6. The summed E-state index contributed by atoms with van der Waals surface area (Å²) in [6.07, 6.45) is 2.40. The van der Waals surface area contributed by atoms with Crippen LogP contribution in [0.4, 0.5) is 5.69 Å². The normalized spacial score (nSPS) is 14.7. The highest BCUT2D eigenvalue weighted by atomic mass is 16.2. The standard InChI is InChI=1S/C14H20N2O/c1-3-16(4-2)14(17)11-7-8-13(15)12(9-11)10-5-6-10/h7-10H,3-6,15H2,1-2H3. The van der Waals surface area contributed by atoms with E-state index in [1.165, 1.54) is 12.8 Å². The van der Waals surface area contributed by atoms with E-state index < -0.39 is 0 Å². The number of nitrogen functional groups attached to an aromatic ring is 1. The van der Waals surface area contributed by atoms with E-state index >= 15 is 0 Å². The van der Waals surface area contributed by atoms with E-state index in [4.69, 9.17) is 5.73 Å². The fourth-order valence-corrected chi connectivity index (χ4v) is 2.15. The number of nitrogens with two attached hydrogens (primary N) is 1. The molecule has 0 spiro atoms. The molecule has 1 amide bonds. The fourth-order valence-electron chi connectivity index (χ4n) is 2.15. The Bertz CT molecular complexity index is 420. The molecule has 3 heteroatoms. The summed E-state index contributed by atoms with van der Waals surface area (Å²) in [4.78, 5) is 14.0.